The van der Waals surface area contributed by atoms with Crippen LogP contribution in [0.3, 0.4) is 0 Å². The van der Waals surface area contributed by atoms with Gasteiger partial charge in [-0.05, 0) is 51.3 Å². The highest BCUT2D eigenvalue weighted by molar-refractivity contribution is 5.86. The molecular formula is C20H34N4O2. The lowest BCUT2D eigenvalue weighted by molar-refractivity contribution is -0.121. The SMILES string of the molecule is CCNC(=NCc1ccc(OCC(C)C)cc1)NCC(=O)NC(C)(C)C. The summed E-state index contributed by atoms with van der Waals surface area (Å²) in [6.07, 6.45) is 0. The maximum absolute atomic E-state index is 11.9. The molecule has 0 unspecified atom stereocenters. The highest BCUT2D eigenvalue weighted by Gasteiger charge is 2.13. The number of hydrogen-bond acceptors (Lipinski definition) is 3. The van der Waals surface area contributed by atoms with Crippen LogP contribution in [0, 0.1) is 5.92 Å². The van der Waals surface area contributed by atoms with Gasteiger partial charge in [-0.25, -0.2) is 4.99 Å². The molecule has 6 heteroatoms. The zero-order valence-corrected chi connectivity index (χ0v) is 17.0. The van der Waals surface area contributed by atoms with Crippen molar-refractivity contribution in [2.24, 2.45) is 10.9 Å². The van der Waals surface area contributed by atoms with Crippen molar-refractivity contribution in [1.82, 2.24) is 16.0 Å². The average molecular weight is 363 g/mol. The van der Waals surface area contributed by atoms with Crippen LogP contribution in [0.15, 0.2) is 29.3 Å². The van der Waals surface area contributed by atoms with E-state index in [2.05, 4.69) is 34.8 Å². The van der Waals surface area contributed by atoms with Crippen molar-refractivity contribution in [3.63, 3.8) is 0 Å². The van der Waals surface area contributed by atoms with Gasteiger partial charge in [-0.15, -0.1) is 0 Å². The number of amides is 1. The molecule has 0 spiro atoms. The van der Waals surface area contributed by atoms with Gasteiger partial charge >= 0.3 is 0 Å². The van der Waals surface area contributed by atoms with Crippen LogP contribution in [0.1, 0.15) is 47.1 Å². The highest BCUT2D eigenvalue weighted by atomic mass is 16.5. The fourth-order valence-corrected chi connectivity index (χ4v) is 2.09. The topological polar surface area (TPSA) is 74.8 Å². The van der Waals surface area contributed by atoms with Crippen LogP contribution in [0.25, 0.3) is 0 Å². The molecule has 0 saturated carbocycles. The summed E-state index contributed by atoms with van der Waals surface area (Å²) in [5, 5.41) is 9.13. The first-order valence-corrected chi connectivity index (χ1v) is 9.24. The van der Waals surface area contributed by atoms with Crippen LogP contribution in [-0.4, -0.2) is 37.1 Å². The molecule has 0 aromatic heterocycles. The molecule has 0 atom stereocenters. The van der Waals surface area contributed by atoms with Gasteiger partial charge in [-0.1, -0.05) is 26.0 Å². The summed E-state index contributed by atoms with van der Waals surface area (Å²) in [6.45, 7) is 14.3. The molecule has 1 amide bonds. The number of nitrogens with zero attached hydrogens (tertiary/aromatic N) is 1. The second-order valence-corrected chi connectivity index (χ2v) is 7.70. The van der Waals surface area contributed by atoms with E-state index in [9.17, 15) is 4.79 Å². The fourth-order valence-electron chi connectivity index (χ4n) is 2.09. The molecule has 1 aromatic rings. The minimum atomic E-state index is -0.242. The Hall–Kier alpha value is -2.24. The van der Waals surface area contributed by atoms with Crippen molar-refractivity contribution >= 4 is 11.9 Å². The molecule has 0 saturated heterocycles. The van der Waals surface area contributed by atoms with Crippen molar-refractivity contribution in [1.29, 1.82) is 0 Å². The Morgan fingerprint density at radius 1 is 1.15 bits per heavy atom. The molecule has 6 nitrogen and oxygen atoms in total. The number of hydrogen-bond donors (Lipinski definition) is 3. The number of aliphatic imine (C=N–C) groups is 1. The lowest BCUT2D eigenvalue weighted by Gasteiger charge is -2.21. The lowest BCUT2D eigenvalue weighted by atomic mass is 10.1. The average Bonchev–Trinajstić information content (AvgIpc) is 2.55. The number of carbonyl (C=O) groups excluding carboxylic acids is 1. The van der Waals surface area contributed by atoms with Crippen molar-refractivity contribution < 1.29 is 9.53 Å². The third kappa shape index (κ3) is 9.91. The molecule has 0 bridgehead atoms. The van der Waals surface area contributed by atoms with E-state index in [0.717, 1.165) is 17.9 Å². The summed E-state index contributed by atoms with van der Waals surface area (Å²) in [5.41, 5.74) is 0.839. The van der Waals surface area contributed by atoms with Gasteiger partial charge in [-0.3, -0.25) is 4.79 Å². The van der Waals surface area contributed by atoms with Crippen LogP contribution in [0.5, 0.6) is 5.75 Å². The molecule has 0 aliphatic carbocycles. The van der Waals surface area contributed by atoms with Gasteiger partial charge in [0.15, 0.2) is 5.96 Å². The summed E-state index contributed by atoms with van der Waals surface area (Å²) in [7, 11) is 0. The van der Waals surface area contributed by atoms with Gasteiger partial charge in [-0.2, -0.15) is 0 Å². The molecule has 1 aromatic carbocycles. The number of benzene rings is 1. The summed E-state index contributed by atoms with van der Waals surface area (Å²) in [6, 6.07) is 7.94. The molecular weight excluding hydrogens is 328 g/mol. The summed E-state index contributed by atoms with van der Waals surface area (Å²) in [4.78, 5) is 16.4. The number of guanidine groups is 1. The van der Waals surface area contributed by atoms with Crippen LogP contribution in [0.4, 0.5) is 0 Å². The first kappa shape index (κ1) is 21.8. The minimum absolute atomic E-state index is 0.0604. The summed E-state index contributed by atoms with van der Waals surface area (Å²) in [5.74, 6) is 1.94. The van der Waals surface area contributed by atoms with Gasteiger partial charge in [0.05, 0.1) is 19.7 Å². The van der Waals surface area contributed by atoms with Crippen LogP contribution < -0.4 is 20.7 Å². The van der Waals surface area contributed by atoms with Crippen LogP contribution in [-0.2, 0) is 11.3 Å². The Kier molecular flexibility index (Phi) is 8.96. The first-order valence-electron chi connectivity index (χ1n) is 9.24. The first-order chi connectivity index (χ1) is 12.2. The fraction of sp³-hybridized carbons (Fsp3) is 0.600. The monoisotopic (exact) mass is 362 g/mol. The number of carbonyl (C=O) groups is 1. The van der Waals surface area contributed by atoms with E-state index < -0.39 is 0 Å². The zero-order chi connectivity index (χ0) is 19.6. The molecule has 0 radical (unpaired) electrons. The van der Waals surface area contributed by atoms with Crippen molar-refractivity contribution in [2.45, 2.75) is 53.6 Å². The maximum Gasteiger partial charge on any atom is 0.239 e. The number of nitrogens with one attached hydrogen (secondary N) is 3. The molecule has 1 rings (SSSR count). The Morgan fingerprint density at radius 2 is 1.81 bits per heavy atom. The van der Waals surface area contributed by atoms with Crippen molar-refractivity contribution in [2.75, 3.05) is 19.7 Å². The molecule has 3 N–H and O–H groups in total. The molecule has 26 heavy (non-hydrogen) atoms. The van der Waals surface area contributed by atoms with Gasteiger partial charge in [0.1, 0.15) is 5.75 Å². The Bertz CT molecular complexity index is 574. The Balaban J connectivity index is 2.56. The van der Waals surface area contributed by atoms with E-state index >= 15 is 0 Å². The second kappa shape index (κ2) is 10.7. The van der Waals surface area contributed by atoms with Gasteiger partial charge in [0.2, 0.25) is 5.91 Å². The van der Waals surface area contributed by atoms with E-state index in [1.54, 1.807) is 0 Å². The van der Waals surface area contributed by atoms with Crippen LogP contribution in [0.2, 0.25) is 0 Å². The van der Waals surface area contributed by atoms with Crippen molar-refractivity contribution in [3.8, 4) is 5.75 Å². The quantitative estimate of drug-likeness (QED) is 0.491. The predicted octanol–water partition coefficient (Wildman–Crippen LogP) is 2.69. The van der Waals surface area contributed by atoms with Crippen molar-refractivity contribution in [3.05, 3.63) is 29.8 Å². The number of rotatable bonds is 8. The smallest absolute Gasteiger partial charge is 0.239 e. The van der Waals surface area contributed by atoms with E-state index in [-0.39, 0.29) is 18.0 Å². The lowest BCUT2D eigenvalue weighted by Crippen LogP contribution is -2.48. The Morgan fingerprint density at radius 3 is 2.35 bits per heavy atom. The Labute approximate surface area is 157 Å². The minimum Gasteiger partial charge on any atom is -0.493 e. The standard InChI is InChI=1S/C20H34N4O2/c1-7-21-19(23-13-18(25)24-20(4,5)6)22-12-16-8-10-17(11-9-16)26-14-15(2)3/h8-11,15H,7,12-14H2,1-6H3,(H,24,25)(H2,21,22,23). The van der Waals surface area contributed by atoms with Crippen LogP contribution >= 0.6 is 0 Å². The summed E-state index contributed by atoms with van der Waals surface area (Å²) >= 11 is 0. The second-order valence-electron chi connectivity index (χ2n) is 7.70. The predicted molar refractivity (Wildman–Crippen MR) is 107 cm³/mol. The molecule has 0 aliphatic heterocycles. The number of ether oxygens (including phenoxy) is 1. The third-order valence-electron chi connectivity index (χ3n) is 3.20. The van der Waals surface area contributed by atoms with E-state index in [1.807, 2.05) is 52.0 Å². The van der Waals surface area contributed by atoms with Gasteiger partial charge in [0.25, 0.3) is 0 Å². The summed E-state index contributed by atoms with van der Waals surface area (Å²) < 4.78 is 5.69. The zero-order valence-electron chi connectivity index (χ0n) is 17.0. The highest BCUT2D eigenvalue weighted by Crippen LogP contribution is 2.13. The normalized spacial score (nSPS) is 12.0. The third-order valence-corrected chi connectivity index (χ3v) is 3.20. The van der Waals surface area contributed by atoms with E-state index in [1.165, 1.54) is 0 Å². The molecule has 0 fully saturated rings. The maximum atomic E-state index is 11.9. The molecule has 146 valence electrons. The van der Waals surface area contributed by atoms with Gasteiger partial charge in [0, 0.05) is 12.1 Å². The van der Waals surface area contributed by atoms with E-state index in [0.29, 0.717) is 25.0 Å². The molecule has 0 heterocycles. The van der Waals surface area contributed by atoms with E-state index in [4.69, 9.17) is 4.74 Å². The van der Waals surface area contributed by atoms with Gasteiger partial charge < -0.3 is 20.7 Å². The molecule has 0 aliphatic rings. The largest absolute Gasteiger partial charge is 0.493 e.